The van der Waals surface area contributed by atoms with Crippen LogP contribution in [-0.4, -0.2) is 25.2 Å². The zero-order chi connectivity index (χ0) is 12.1. The Hall–Kier alpha value is -1.13. The Morgan fingerprint density at radius 1 is 1.65 bits per heavy atom. The number of carbonyl (C=O) groups is 1. The summed E-state index contributed by atoms with van der Waals surface area (Å²) in [6, 6.07) is 4.07. The molecule has 17 heavy (non-hydrogen) atoms. The van der Waals surface area contributed by atoms with Crippen molar-refractivity contribution in [2.24, 2.45) is 0 Å². The Kier molecular flexibility index (Phi) is 4.34. The van der Waals surface area contributed by atoms with Crippen LogP contribution in [0.15, 0.2) is 18.2 Å². The molecule has 0 saturated carbocycles. The van der Waals surface area contributed by atoms with Crippen LogP contribution in [0.1, 0.15) is 22.6 Å². The summed E-state index contributed by atoms with van der Waals surface area (Å²) in [5.74, 6) is -0.0495. The standard InChI is InChI=1S/C13H17NO2S/c1-10-4-5-12(17-10)6-7-13(15)14-9-11-3-2-8-16-11/h4-7,11H,2-3,8-9H2,1H3,(H,14,15)/b7-6+. The van der Waals surface area contributed by atoms with Crippen LogP contribution in [0.2, 0.25) is 0 Å². The van der Waals surface area contributed by atoms with Gasteiger partial charge in [0.2, 0.25) is 5.91 Å². The quantitative estimate of drug-likeness (QED) is 0.834. The largest absolute Gasteiger partial charge is 0.376 e. The molecule has 0 aliphatic carbocycles. The number of nitrogens with one attached hydrogen (secondary N) is 1. The Bertz CT molecular complexity index is 405. The van der Waals surface area contributed by atoms with E-state index in [0.717, 1.165) is 24.3 Å². The third-order valence-electron chi connectivity index (χ3n) is 2.69. The Labute approximate surface area is 105 Å². The zero-order valence-electron chi connectivity index (χ0n) is 9.94. The third-order valence-corrected chi connectivity index (χ3v) is 3.65. The van der Waals surface area contributed by atoms with E-state index in [1.165, 1.54) is 4.88 Å². The molecule has 0 spiro atoms. The van der Waals surface area contributed by atoms with Gasteiger partial charge in [0.25, 0.3) is 0 Å². The van der Waals surface area contributed by atoms with Crippen LogP contribution in [0.3, 0.4) is 0 Å². The average molecular weight is 251 g/mol. The minimum absolute atomic E-state index is 0.0495. The molecule has 1 aromatic heterocycles. The molecule has 0 bridgehead atoms. The van der Waals surface area contributed by atoms with E-state index in [9.17, 15) is 4.79 Å². The normalized spacial score (nSPS) is 19.9. The maximum atomic E-state index is 11.5. The number of amides is 1. The van der Waals surface area contributed by atoms with E-state index in [1.807, 2.05) is 12.1 Å². The van der Waals surface area contributed by atoms with Crippen molar-refractivity contribution >= 4 is 23.3 Å². The van der Waals surface area contributed by atoms with Gasteiger partial charge < -0.3 is 10.1 Å². The lowest BCUT2D eigenvalue weighted by Gasteiger charge is -2.08. The first-order chi connectivity index (χ1) is 8.24. The first-order valence-corrected chi connectivity index (χ1v) is 6.69. The molecule has 2 rings (SSSR count). The summed E-state index contributed by atoms with van der Waals surface area (Å²) in [7, 11) is 0. The van der Waals surface area contributed by atoms with Crippen molar-refractivity contribution in [3.05, 3.63) is 28.0 Å². The number of hydrogen-bond donors (Lipinski definition) is 1. The summed E-state index contributed by atoms with van der Waals surface area (Å²) in [4.78, 5) is 13.9. The monoisotopic (exact) mass is 251 g/mol. The van der Waals surface area contributed by atoms with Gasteiger partial charge in [0, 0.05) is 29.0 Å². The summed E-state index contributed by atoms with van der Waals surface area (Å²) in [5.41, 5.74) is 0. The maximum Gasteiger partial charge on any atom is 0.244 e. The van der Waals surface area contributed by atoms with Crippen LogP contribution >= 0.6 is 11.3 Å². The van der Waals surface area contributed by atoms with Crippen molar-refractivity contribution in [2.45, 2.75) is 25.9 Å². The number of thiophene rings is 1. The average Bonchev–Trinajstić information content (AvgIpc) is 2.95. The van der Waals surface area contributed by atoms with Crippen molar-refractivity contribution in [3.63, 3.8) is 0 Å². The molecule has 3 nitrogen and oxygen atoms in total. The van der Waals surface area contributed by atoms with Crippen LogP contribution in [0, 0.1) is 6.92 Å². The second kappa shape index (κ2) is 5.98. The van der Waals surface area contributed by atoms with Crippen LogP contribution in [0.5, 0.6) is 0 Å². The minimum atomic E-state index is -0.0495. The van der Waals surface area contributed by atoms with Crippen molar-refractivity contribution < 1.29 is 9.53 Å². The molecule has 1 saturated heterocycles. The van der Waals surface area contributed by atoms with Gasteiger partial charge in [0.05, 0.1) is 6.10 Å². The number of aryl methyl sites for hydroxylation is 1. The van der Waals surface area contributed by atoms with Crippen LogP contribution in [0.4, 0.5) is 0 Å². The Morgan fingerprint density at radius 3 is 3.18 bits per heavy atom. The van der Waals surface area contributed by atoms with Gasteiger partial charge in [-0.05, 0) is 38.0 Å². The summed E-state index contributed by atoms with van der Waals surface area (Å²) in [6.45, 7) is 3.50. The van der Waals surface area contributed by atoms with E-state index >= 15 is 0 Å². The highest BCUT2D eigenvalue weighted by Crippen LogP contribution is 2.16. The van der Waals surface area contributed by atoms with Crippen molar-refractivity contribution in [1.29, 1.82) is 0 Å². The lowest BCUT2D eigenvalue weighted by atomic mass is 10.2. The van der Waals surface area contributed by atoms with E-state index in [1.54, 1.807) is 17.4 Å². The van der Waals surface area contributed by atoms with Crippen molar-refractivity contribution in [1.82, 2.24) is 5.32 Å². The molecular formula is C13H17NO2S. The molecule has 1 unspecified atom stereocenters. The van der Waals surface area contributed by atoms with Gasteiger partial charge in [-0.25, -0.2) is 0 Å². The van der Waals surface area contributed by atoms with Gasteiger partial charge >= 0.3 is 0 Å². The molecule has 1 aliphatic rings. The summed E-state index contributed by atoms with van der Waals surface area (Å²) in [6.07, 6.45) is 5.79. The first kappa shape index (κ1) is 12.3. The zero-order valence-corrected chi connectivity index (χ0v) is 10.8. The molecule has 1 atom stereocenters. The van der Waals surface area contributed by atoms with Gasteiger partial charge in [-0.15, -0.1) is 11.3 Å². The summed E-state index contributed by atoms with van der Waals surface area (Å²) in [5, 5.41) is 2.86. The SMILES string of the molecule is Cc1ccc(/C=C/C(=O)NCC2CCCO2)s1. The van der Waals surface area contributed by atoms with Crippen molar-refractivity contribution in [3.8, 4) is 0 Å². The summed E-state index contributed by atoms with van der Waals surface area (Å²) < 4.78 is 5.43. The van der Waals surface area contributed by atoms with Gasteiger partial charge in [0.15, 0.2) is 0 Å². The molecule has 4 heteroatoms. The van der Waals surface area contributed by atoms with Gasteiger partial charge in [0.1, 0.15) is 0 Å². The molecule has 1 aromatic rings. The van der Waals surface area contributed by atoms with Gasteiger partial charge in [-0.3, -0.25) is 4.79 Å². The van der Waals surface area contributed by atoms with Gasteiger partial charge in [-0.2, -0.15) is 0 Å². The van der Waals surface area contributed by atoms with E-state index in [4.69, 9.17) is 4.74 Å². The molecule has 2 heterocycles. The summed E-state index contributed by atoms with van der Waals surface area (Å²) >= 11 is 1.68. The van der Waals surface area contributed by atoms with Crippen LogP contribution in [0.25, 0.3) is 6.08 Å². The lowest BCUT2D eigenvalue weighted by Crippen LogP contribution is -2.30. The highest BCUT2D eigenvalue weighted by molar-refractivity contribution is 7.12. The fourth-order valence-corrected chi connectivity index (χ4v) is 2.56. The maximum absolute atomic E-state index is 11.5. The molecule has 1 amide bonds. The number of hydrogen-bond acceptors (Lipinski definition) is 3. The van der Waals surface area contributed by atoms with E-state index in [0.29, 0.717) is 6.54 Å². The Balaban J connectivity index is 1.74. The topological polar surface area (TPSA) is 38.3 Å². The smallest absolute Gasteiger partial charge is 0.244 e. The van der Waals surface area contributed by atoms with E-state index in [2.05, 4.69) is 18.3 Å². The fraction of sp³-hybridized carbons (Fsp3) is 0.462. The molecular weight excluding hydrogens is 234 g/mol. The molecule has 1 N–H and O–H groups in total. The minimum Gasteiger partial charge on any atom is -0.376 e. The first-order valence-electron chi connectivity index (χ1n) is 5.88. The van der Waals surface area contributed by atoms with Crippen molar-refractivity contribution in [2.75, 3.05) is 13.2 Å². The number of rotatable bonds is 4. The predicted octanol–water partition coefficient (Wildman–Crippen LogP) is 2.36. The van der Waals surface area contributed by atoms with E-state index < -0.39 is 0 Å². The van der Waals surface area contributed by atoms with E-state index in [-0.39, 0.29) is 12.0 Å². The lowest BCUT2D eigenvalue weighted by molar-refractivity contribution is -0.116. The highest BCUT2D eigenvalue weighted by atomic mass is 32.1. The fourth-order valence-electron chi connectivity index (χ4n) is 1.78. The second-order valence-electron chi connectivity index (χ2n) is 4.16. The van der Waals surface area contributed by atoms with Crippen LogP contribution in [-0.2, 0) is 9.53 Å². The molecule has 92 valence electrons. The Morgan fingerprint density at radius 2 is 2.53 bits per heavy atom. The molecule has 0 radical (unpaired) electrons. The predicted molar refractivity (Wildman–Crippen MR) is 70.1 cm³/mol. The highest BCUT2D eigenvalue weighted by Gasteiger charge is 2.15. The second-order valence-corrected chi connectivity index (χ2v) is 5.48. The number of ether oxygens (including phenoxy) is 1. The third kappa shape index (κ3) is 3.98. The molecule has 1 fully saturated rings. The van der Waals surface area contributed by atoms with Gasteiger partial charge in [-0.1, -0.05) is 0 Å². The number of carbonyl (C=O) groups excluding carboxylic acids is 1. The molecule has 0 aromatic carbocycles. The molecule has 1 aliphatic heterocycles. The van der Waals surface area contributed by atoms with Crippen LogP contribution < -0.4 is 5.32 Å².